The fourth-order valence-electron chi connectivity index (χ4n) is 2.72. The third-order valence-electron chi connectivity index (χ3n) is 3.93. The number of aryl methyl sites for hydroxylation is 1. The molecule has 120 valence electrons. The summed E-state index contributed by atoms with van der Waals surface area (Å²) in [5, 5.41) is 0. The fraction of sp³-hybridized carbons (Fsp3) is 0.556. The van der Waals surface area contributed by atoms with Crippen LogP contribution in [0, 0.1) is 12.8 Å². The molecule has 1 aromatic rings. The molecule has 0 aromatic heterocycles. The van der Waals surface area contributed by atoms with Gasteiger partial charge in [0.15, 0.2) is 5.78 Å². The number of amides is 1. The van der Waals surface area contributed by atoms with Crippen LogP contribution in [0.15, 0.2) is 24.3 Å². The molecule has 0 spiro atoms. The van der Waals surface area contributed by atoms with Crippen LogP contribution in [0.1, 0.15) is 49.5 Å². The molecule has 1 saturated heterocycles. The maximum atomic E-state index is 12.6. The van der Waals surface area contributed by atoms with Crippen molar-refractivity contribution in [2.24, 2.45) is 5.92 Å². The minimum atomic E-state index is -0.481. The van der Waals surface area contributed by atoms with Crippen LogP contribution >= 0.6 is 0 Å². The molecule has 1 amide bonds. The Balaban J connectivity index is 1.94. The van der Waals surface area contributed by atoms with Gasteiger partial charge in [0.05, 0.1) is 0 Å². The van der Waals surface area contributed by atoms with Gasteiger partial charge in [-0.05, 0) is 46.1 Å². The number of benzene rings is 1. The van der Waals surface area contributed by atoms with E-state index < -0.39 is 5.60 Å². The molecule has 1 aliphatic rings. The first-order valence-corrected chi connectivity index (χ1v) is 7.86. The van der Waals surface area contributed by atoms with Crippen molar-refractivity contribution in [3.63, 3.8) is 0 Å². The van der Waals surface area contributed by atoms with Crippen LogP contribution in [0.4, 0.5) is 4.79 Å². The van der Waals surface area contributed by atoms with Crippen LogP contribution in [0.25, 0.3) is 0 Å². The number of nitrogens with zero attached hydrogens (tertiary/aromatic N) is 1. The van der Waals surface area contributed by atoms with E-state index in [0.29, 0.717) is 25.9 Å². The molecule has 0 N–H and O–H groups in total. The van der Waals surface area contributed by atoms with E-state index >= 15 is 0 Å². The predicted molar refractivity (Wildman–Crippen MR) is 86.0 cm³/mol. The third-order valence-corrected chi connectivity index (χ3v) is 3.93. The van der Waals surface area contributed by atoms with Gasteiger partial charge in [-0.2, -0.15) is 0 Å². The van der Waals surface area contributed by atoms with Crippen LogP contribution < -0.4 is 0 Å². The molecule has 22 heavy (non-hydrogen) atoms. The Kier molecular flexibility index (Phi) is 4.89. The van der Waals surface area contributed by atoms with Crippen molar-refractivity contribution in [1.29, 1.82) is 0 Å². The van der Waals surface area contributed by atoms with Crippen molar-refractivity contribution in [3.8, 4) is 0 Å². The van der Waals surface area contributed by atoms with E-state index in [0.717, 1.165) is 11.1 Å². The number of ketones is 1. The minimum Gasteiger partial charge on any atom is -0.444 e. The smallest absolute Gasteiger partial charge is 0.410 e. The van der Waals surface area contributed by atoms with E-state index in [1.165, 1.54) is 0 Å². The van der Waals surface area contributed by atoms with Crippen molar-refractivity contribution in [3.05, 3.63) is 35.4 Å². The average Bonchev–Trinajstić information content (AvgIpc) is 2.45. The maximum Gasteiger partial charge on any atom is 0.410 e. The van der Waals surface area contributed by atoms with E-state index in [9.17, 15) is 9.59 Å². The first-order valence-electron chi connectivity index (χ1n) is 7.86. The van der Waals surface area contributed by atoms with Gasteiger partial charge in [-0.1, -0.05) is 24.3 Å². The fourth-order valence-corrected chi connectivity index (χ4v) is 2.72. The number of piperidine rings is 1. The number of hydrogen-bond donors (Lipinski definition) is 0. The molecule has 4 heteroatoms. The van der Waals surface area contributed by atoms with Gasteiger partial charge < -0.3 is 9.64 Å². The summed E-state index contributed by atoms with van der Waals surface area (Å²) in [6.45, 7) is 8.70. The summed E-state index contributed by atoms with van der Waals surface area (Å²) in [6.07, 6.45) is 1.12. The molecule has 1 aromatic carbocycles. The van der Waals surface area contributed by atoms with Gasteiger partial charge in [-0.25, -0.2) is 4.79 Å². The number of Topliss-reactive ketones (excluding diaryl/α,β-unsaturated/α-hetero) is 1. The van der Waals surface area contributed by atoms with E-state index in [1.54, 1.807) is 4.90 Å². The molecule has 1 heterocycles. The van der Waals surface area contributed by atoms with E-state index in [1.807, 2.05) is 52.0 Å². The van der Waals surface area contributed by atoms with Gasteiger partial charge in [0, 0.05) is 24.6 Å². The topological polar surface area (TPSA) is 46.6 Å². The van der Waals surface area contributed by atoms with Crippen molar-refractivity contribution >= 4 is 11.9 Å². The van der Waals surface area contributed by atoms with Gasteiger partial charge in [0.1, 0.15) is 5.60 Å². The molecule has 0 aliphatic carbocycles. The van der Waals surface area contributed by atoms with Crippen LogP contribution in [-0.4, -0.2) is 35.5 Å². The Morgan fingerprint density at radius 3 is 2.27 bits per heavy atom. The lowest BCUT2D eigenvalue weighted by atomic mass is 9.87. The SMILES string of the molecule is Cc1ccccc1C(=O)C1CCN(C(=O)OC(C)(C)C)CC1. The van der Waals surface area contributed by atoms with Gasteiger partial charge in [0.2, 0.25) is 0 Å². The molecule has 0 radical (unpaired) electrons. The lowest BCUT2D eigenvalue weighted by molar-refractivity contribution is 0.0182. The lowest BCUT2D eigenvalue weighted by Gasteiger charge is -2.33. The second kappa shape index (κ2) is 6.51. The highest BCUT2D eigenvalue weighted by Gasteiger charge is 2.30. The Hall–Kier alpha value is -1.84. The summed E-state index contributed by atoms with van der Waals surface area (Å²) < 4.78 is 5.38. The Bertz CT molecular complexity index is 552. The highest BCUT2D eigenvalue weighted by Crippen LogP contribution is 2.24. The number of carbonyl (C=O) groups excluding carboxylic acids is 2. The first kappa shape index (κ1) is 16.5. The van der Waals surface area contributed by atoms with Crippen molar-refractivity contribution in [2.75, 3.05) is 13.1 Å². The molecule has 0 bridgehead atoms. The Morgan fingerprint density at radius 2 is 1.73 bits per heavy atom. The van der Waals surface area contributed by atoms with E-state index in [2.05, 4.69) is 0 Å². The molecule has 4 nitrogen and oxygen atoms in total. The zero-order valence-electron chi connectivity index (χ0n) is 13.9. The minimum absolute atomic E-state index is 0.000197. The first-order chi connectivity index (χ1) is 10.3. The van der Waals surface area contributed by atoms with Crippen molar-refractivity contribution in [1.82, 2.24) is 4.90 Å². The monoisotopic (exact) mass is 303 g/mol. The average molecular weight is 303 g/mol. The van der Waals surface area contributed by atoms with Crippen LogP contribution in [0.3, 0.4) is 0 Å². The largest absolute Gasteiger partial charge is 0.444 e. The number of ether oxygens (including phenoxy) is 1. The molecule has 0 saturated carbocycles. The molecule has 2 rings (SSSR count). The molecule has 0 atom stereocenters. The second-order valence-corrected chi connectivity index (χ2v) is 6.92. The number of hydrogen-bond acceptors (Lipinski definition) is 3. The van der Waals surface area contributed by atoms with Gasteiger partial charge in [0.25, 0.3) is 0 Å². The van der Waals surface area contributed by atoms with Crippen LogP contribution in [0.2, 0.25) is 0 Å². The molecule has 0 unspecified atom stereocenters. The normalized spacial score (nSPS) is 16.5. The second-order valence-electron chi connectivity index (χ2n) is 6.92. The molecular formula is C18H25NO3. The summed E-state index contributed by atoms with van der Waals surface area (Å²) in [5.74, 6) is 0.196. The molecule has 1 aliphatic heterocycles. The van der Waals surface area contributed by atoms with Crippen molar-refractivity contribution < 1.29 is 14.3 Å². The van der Waals surface area contributed by atoms with E-state index in [-0.39, 0.29) is 17.8 Å². The van der Waals surface area contributed by atoms with Crippen LogP contribution in [-0.2, 0) is 4.74 Å². The van der Waals surface area contributed by atoms with Gasteiger partial charge >= 0.3 is 6.09 Å². The zero-order valence-corrected chi connectivity index (χ0v) is 13.9. The maximum absolute atomic E-state index is 12.6. The summed E-state index contributed by atoms with van der Waals surface area (Å²) in [6, 6.07) is 7.69. The van der Waals surface area contributed by atoms with E-state index in [4.69, 9.17) is 4.74 Å². The quantitative estimate of drug-likeness (QED) is 0.780. The number of likely N-dealkylation sites (tertiary alicyclic amines) is 1. The number of carbonyl (C=O) groups is 2. The standard InChI is InChI=1S/C18H25NO3/c1-13-7-5-6-8-15(13)16(20)14-9-11-19(12-10-14)17(21)22-18(2,3)4/h5-8,14H,9-12H2,1-4H3. The zero-order chi connectivity index (χ0) is 16.3. The number of rotatable bonds is 2. The summed E-state index contributed by atoms with van der Waals surface area (Å²) in [7, 11) is 0. The Morgan fingerprint density at radius 1 is 1.14 bits per heavy atom. The predicted octanol–water partition coefficient (Wildman–Crippen LogP) is 3.82. The highest BCUT2D eigenvalue weighted by atomic mass is 16.6. The lowest BCUT2D eigenvalue weighted by Crippen LogP contribution is -2.43. The summed E-state index contributed by atoms with van der Waals surface area (Å²) in [4.78, 5) is 26.3. The van der Waals surface area contributed by atoms with Crippen LogP contribution in [0.5, 0.6) is 0 Å². The summed E-state index contributed by atoms with van der Waals surface area (Å²) in [5.41, 5.74) is 1.34. The molecule has 1 fully saturated rings. The highest BCUT2D eigenvalue weighted by molar-refractivity contribution is 5.99. The summed E-state index contributed by atoms with van der Waals surface area (Å²) >= 11 is 0. The third kappa shape index (κ3) is 4.09. The van der Waals surface area contributed by atoms with Gasteiger partial charge in [-0.15, -0.1) is 0 Å². The van der Waals surface area contributed by atoms with Gasteiger partial charge in [-0.3, -0.25) is 4.79 Å². The Labute approximate surface area is 132 Å². The molecular weight excluding hydrogens is 278 g/mol. The van der Waals surface area contributed by atoms with Crippen molar-refractivity contribution in [2.45, 2.75) is 46.1 Å².